The highest BCUT2D eigenvalue weighted by atomic mass is 16.7. The van der Waals surface area contributed by atoms with E-state index in [1.54, 1.807) is 13.8 Å². The number of hydrogen-bond acceptors (Lipinski definition) is 9. The number of hydrogen-bond donors (Lipinski definition) is 0. The van der Waals surface area contributed by atoms with Crippen molar-refractivity contribution >= 4 is 23.9 Å². The maximum atomic E-state index is 14.0. The second-order valence-electron chi connectivity index (χ2n) is 14.4. The maximum absolute atomic E-state index is 14.0. The van der Waals surface area contributed by atoms with Crippen LogP contribution in [-0.2, 0) is 42.9 Å². The van der Waals surface area contributed by atoms with E-state index in [0.29, 0.717) is 24.7 Å². The van der Waals surface area contributed by atoms with Crippen molar-refractivity contribution in [3.05, 3.63) is 0 Å². The summed E-state index contributed by atoms with van der Waals surface area (Å²) in [4.78, 5) is 52.3. The molecule has 0 aromatic rings. The Labute approximate surface area is 242 Å². The van der Waals surface area contributed by atoms with Gasteiger partial charge in [0.2, 0.25) is 6.29 Å². The number of carbonyl (C=O) groups excluding carboxylic acids is 4. The van der Waals surface area contributed by atoms with Crippen molar-refractivity contribution in [2.75, 3.05) is 6.61 Å². The van der Waals surface area contributed by atoms with Gasteiger partial charge in [-0.2, -0.15) is 0 Å². The predicted molar refractivity (Wildman–Crippen MR) is 145 cm³/mol. The standard InChI is InChI=1S/C32H46O9/c1-5-30(3,4)26(34)37-17-23(33)39-24-20-15-21-25(24)40-27(35)32(21,16-20)28(36)41-29(31(6-2)11-7-8-12-31)38-22-14-18-9-10-19(22)13-18/h18-22,24-25,29H,5-17H2,1-4H3. The van der Waals surface area contributed by atoms with Crippen LogP contribution in [0.4, 0.5) is 0 Å². The van der Waals surface area contributed by atoms with Crippen LogP contribution in [0.1, 0.15) is 105 Å². The molecule has 5 aliphatic carbocycles. The summed E-state index contributed by atoms with van der Waals surface area (Å²) in [7, 11) is 0. The van der Waals surface area contributed by atoms with Gasteiger partial charge in [-0.1, -0.05) is 26.7 Å². The molecule has 0 aromatic heterocycles. The Morgan fingerprint density at radius 1 is 1.05 bits per heavy atom. The molecule has 41 heavy (non-hydrogen) atoms. The lowest BCUT2D eigenvalue weighted by Gasteiger charge is -2.40. The van der Waals surface area contributed by atoms with Crippen LogP contribution in [0.3, 0.4) is 0 Å². The minimum atomic E-state index is -1.38. The van der Waals surface area contributed by atoms with E-state index in [4.69, 9.17) is 23.7 Å². The molecule has 6 aliphatic rings. The Bertz CT molecular complexity index is 1080. The van der Waals surface area contributed by atoms with Crippen LogP contribution in [0.15, 0.2) is 0 Å². The molecule has 9 heteroatoms. The van der Waals surface area contributed by atoms with E-state index >= 15 is 0 Å². The van der Waals surface area contributed by atoms with Crippen LogP contribution in [0.5, 0.6) is 0 Å². The van der Waals surface area contributed by atoms with Crippen molar-refractivity contribution in [2.24, 2.45) is 39.9 Å². The lowest BCUT2D eigenvalue weighted by atomic mass is 9.73. The maximum Gasteiger partial charge on any atom is 0.344 e. The van der Waals surface area contributed by atoms with Crippen molar-refractivity contribution in [3.63, 3.8) is 0 Å². The zero-order chi connectivity index (χ0) is 29.2. The van der Waals surface area contributed by atoms with Crippen LogP contribution >= 0.6 is 0 Å². The molecule has 9 nitrogen and oxygen atoms in total. The summed E-state index contributed by atoms with van der Waals surface area (Å²) in [5, 5.41) is 0. The molecule has 0 N–H and O–H groups in total. The van der Waals surface area contributed by atoms with Gasteiger partial charge in [0.15, 0.2) is 12.0 Å². The molecule has 1 saturated heterocycles. The molecule has 0 spiro atoms. The first-order valence-corrected chi connectivity index (χ1v) is 16.0. The zero-order valence-corrected chi connectivity index (χ0v) is 25.0. The summed E-state index contributed by atoms with van der Waals surface area (Å²) in [6, 6.07) is 0. The highest BCUT2D eigenvalue weighted by Gasteiger charge is 2.76. The van der Waals surface area contributed by atoms with Crippen LogP contribution in [0.25, 0.3) is 0 Å². The van der Waals surface area contributed by atoms with E-state index in [-0.39, 0.29) is 23.9 Å². The fraction of sp³-hybridized carbons (Fsp3) is 0.875. The Kier molecular flexibility index (Phi) is 7.43. The molecule has 1 aliphatic heterocycles. The Morgan fingerprint density at radius 3 is 2.44 bits per heavy atom. The first-order valence-electron chi connectivity index (χ1n) is 16.0. The van der Waals surface area contributed by atoms with E-state index in [1.165, 1.54) is 19.3 Å². The Balaban J connectivity index is 1.13. The summed E-state index contributed by atoms with van der Waals surface area (Å²) in [6.45, 7) is 7.05. The Morgan fingerprint density at radius 2 is 1.80 bits per heavy atom. The second-order valence-corrected chi connectivity index (χ2v) is 14.4. The third-order valence-corrected chi connectivity index (χ3v) is 11.9. The topological polar surface area (TPSA) is 114 Å². The van der Waals surface area contributed by atoms with Crippen molar-refractivity contribution in [1.82, 2.24) is 0 Å². The second kappa shape index (κ2) is 10.5. The minimum Gasteiger partial charge on any atom is -0.457 e. The van der Waals surface area contributed by atoms with Crippen LogP contribution in [0.2, 0.25) is 0 Å². The van der Waals surface area contributed by atoms with E-state index in [9.17, 15) is 19.2 Å². The van der Waals surface area contributed by atoms with Crippen LogP contribution in [-0.4, -0.2) is 55.1 Å². The van der Waals surface area contributed by atoms with E-state index in [0.717, 1.165) is 38.5 Å². The highest BCUT2D eigenvalue weighted by molar-refractivity contribution is 6.03. The lowest BCUT2D eigenvalue weighted by Crippen LogP contribution is -2.49. The third-order valence-electron chi connectivity index (χ3n) is 11.9. The molecule has 9 atom stereocenters. The molecule has 6 fully saturated rings. The monoisotopic (exact) mass is 574 g/mol. The molecule has 6 rings (SSSR count). The van der Waals surface area contributed by atoms with Gasteiger partial charge in [0.25, 0.3) is 0 Å². The fourth-order valence-electron chi connectivity index (χ4n) is 8.93. The van der Waals surface area contributed by atoms with E-state index < -0.39 is 65.7 Å². The van der Waals surface area contributed by atoms with E-state index in [1.807, 2.05) is 6.92 Å². The van der Waals surface area contributed by atoms with Gasteiger partial charge in [-0.25, -0.2) is 4.79 Å². The van der Waals surface area contributed by atoms with Gasteiger partial charge in [-0.3, -0.25) is 14.4 Å². The normalized spacial score (nSPS) is 38.6. The predicted octanol–water partition coefficient (Wildman–Crippen LogP) is 4.87. The van der Waals surface area contributed by atoms with Gasteiger partial charge >= 0.3 is 23.9 Å². The molecule has 228 valence electrons. The van der Waals surface area contributed by atoms with Gasteiger partial charge in [-0.15, -0.1) is 0 Å². The molecular weight excluding hydrogens is 528 g/mol. The molecule has 9 unspecified atom stereocenters. The summed E-state index contributed by atoms with van der Waals surface area (Å²) < 4.78 is 29.7. The van der Waals surface area contributed by atoms with Gasteiger partial charge < -0.3 is 23.7 Å². The first-order chi connectivity index (χ1) is 19.5. The van der Waals surface area contributed by atoms with Crippen molar-refractivity contribution in [1.29, 1.82) is 0 Å². The van der Waals surface area contributed by atoms with Gasteiger partial charge in [0.05, 0.1) is 11.5 Å². The molecule has 0 radical (unpaired) electrons. The number of rotatable bonds is 11. The molecule has 0 aromatic carbocycles. The van der Waals surface area contributed by atoms with Gasteiger partial charge in [0.1, 0.15) is 12.2 Å². The number of ether oxygens (including phenoxy) is 5. The van der Waals surface area contributed by atoms with Gasteiger partial charge in [0, 0.05) is 17.3 Å². The molecule has 4 bridgehead atoms. The molecular formula is C32H46O9. The summed E-state index contributed by atoms with van der Waals surface area (Å²) in [5.74, 6) is -1.63. The number of carbonyl (C=O) groups is 4. The smallest absolute Gasteiger partial charge is 0.344 e. The number of fused-ring (bicyclic) bond motifs is 3. The van der Waals surface area contributed by atoms with Gasteiger partial charge in [-0.05, 0) is 89.9 Å². The average Bonchev–Trinajstić information content (AvgIpc) is 3.79. The Hall–Kier alpha value is -2.16. The lowest BCUT2D eigenvalue weighted by molar-refractivity contribution is -0.240. The fourth-order valence-corrected chi connectivity index (χ4v) is 8.93. The molecule has 0 amide bonds. The highest BCUT2D eigenvalue weighted by Crippen LogP contribution is 2.63. The van der Waals surface area contributed by atoms with Crippen molar-refractivity contribution in [2.45, 2.75) is 129 Å². The molecule has 5 saturated carbocycles. The largest absolute Gasteiger partial charge is 0.457 e. The summed E-state index contributed by atoms with van der Waals surface area (Å²) in [5.41, 5.74) is -2.30. The zero-order valence-electron chi connectivity index (χ0n) is 25.0. The third kappa shape index (κ3) is 4.69. The summed E-state index contributed by atoms with van der Waals surface area (Å²) >= 11 is 0. The SMILES string of the molecule is CCC(C)(C)C(=O)OCC(=O)OC1C2CC3C1OC(=O)C3(C(=O)OC(OC1CC3CCC1C3)C1(CC)CCCC1)C2. The minimum absolute atomic E-state index is 0.108. The quantitative estimate of drug-likeness (QED) is 0.147. The number of esters is 4. The summed E-state index contributed by atoms with van der Waals surface area (Å²) in [6.07, 6.45) is 9.03. The first kappa shape index (κ1) is 28.9. The van der Waals surface area contributed by atoms with Crippen LogP contribution < -0.4 is 0 Å². The van der Waals surface area contributed by atoms with E-state index in [2.05, 4.69) is 6.92 Å². The van der Waals surface area contributed by atoms with Crippen molar-refractivity contribution < 1.29 is 42.9 Å². The average molecular weight is 575 g/mol. The molecule has 1 heterocycles. The van der Waals surface area contributed by atoms with Crippen molar-refractivity contribution in [3.8, 4) is 0 Å². The van der Waals surface area contributed by atoms with Crippen LogP contribution in [0, 0.1) is 39.9 Å².